The Morgan fingerprint density at radius 1 is 1.59 bits per heavy atom. The monoisotopic (exact) mass is 236 g/mol. The van der Waals surface area contributed by atoms with Crippen molar-refractivity contribution in [3.8, 4) is 0 Å². The molecule has 1 unspecified atom stereocenters. The van der Waals surface area contributed by atoms with E-state index in [2.05, 4.69) is 22.1 Å². The van der Waals surface area contributed by atoms with Crippen LogP contribution in [-0.4, -0.2) is 45.8 Å². The van der Waals surface area contributed by atoms with Crippen molar-refractivity contribution >= 4 is 6.29 Å². The molecule has 1 atom stereocenters. The highest BCUT2D eigenvalue weighted by Gasteiger charge is 2.19. The lowest BCUT2D eigenvalue weighted by Gasteiger charge is -2.32. The molecule has 0 bridgehead atoms. The summed E-state index contributed by atoms with van der Waals surface area (Å²) in [6, 6.07) is 0. The Morgan fingerprint density at radius 2 is 2.47 bits per heavy atom. The third-order valence-electron chi connectivity index (χ3n) is 3.27. The number of aldehydes is 1. The number of likely N-dealkylation sites (tertiary alicyclic amines) is 1. The summed E-state index contributed by atoms with van der Waals surface area (Å²) in [5, 5.41) is 7.76. The fourth-order valence-electron chi connectivity index (χ4n) is 2.54. The molecule has 1 aliphatic rings. The molecule has 0 spiro atoms. The van der Waals surface area contributed by atoms with E-state index < -0.39 is 0 Å². The van der Waals surface area contributed by atoms with Crippen molar-refractivity contribution in [1.29, 1.82) is 0 Å². The Kier molecular flexibility index (Phi) is 4.25. The van der Waals surface area contributed by atoms with Gasteiger partial charge in [0.05, 0.1) is 6.20 Å². The fourth-order valence-corrected chi connectivity index (χ4v) is 2.54. The average molecular weight is 236 g/mol. The van der Waals surface area contributed by atoms with E-state index in [1.807, 2.05) is 0 Å². The largest absolute Gasteiger partial charge is 0.303 e. The summed E-state index contributed by atoms with van der Waals surface area (Å²) in [7, 11) is 0. The first-order valence-electron chi connectivity index (χ1n) is 6.39. The van der Waals surface area contributed by atoms with Crippen LogP contribution in [0.3, 0.4) is 0 Å². The number of aromatic nitrogens is 3. The second-order valence-electron chi connectivity index (χ2n) is 4.79. The molecule has 5 heteroatoms. The second-order valence-corrected chi connectivity index (χ2v) is 4.79. The van der Waals surface area contributed by atoms with Gasteiger partial charge in [-0.2, -0.15) is 0 Å². The minimum Gasteiger partial charge on any atom is -0.303 e. The molecule has 1 aliphatic heterocycles. The van der Waals surface area contributed by atoms with Crippen molar-refractivity contribution in [1.82, 2.24) is 19.9 Å². The van der Waals surface area contributed by atoms with Gasteiger partial charge >= 0.3 is 0 Å². The zero-order valence-corrected chi connectivity index (χ0v) is 10.4. The number of carbonyl (C=O) groups is 1. The molecule has 1 fully saturated rings. The summed E-state index contributed by atoms with van der Waals surface area (Å²) in [4.78, 5) is 13.0. The van der Waals surface area contributed by atoms with Crippen molar-refractivity contribution in [3.63, 3.8) is 0 Å². The SMILES string of the molecule is CCCN1CCCC(Cn2cc(C=O)nn2)C1. The molecule has 2 rings (SSSR count). The molecule has 0 amide bonds. The highest BCUT2D eigenvalue weighted by atomic mass is 16.1. The summed E-state index contributed by atoms with van der Waals surface area (Å²) in [6.45, 7) is 6.65. The van der Waals surface area contributed by atoms with Gasteiger partial charge in [-0.1, -0.05) is 12.1 Å². The number of nitrogens with zero attached hydrogens (tertiary/aromatic N) is 4. The van der Waals surface area contributed by atoms with E-state index in [1.165, 1.54) is 32.4 Å². The first-order valence-corrected chi connectivity index (χ1v) is 6.39. The van der Waals surface area contributed by atoms with Crippen LogP contribution < -0.4 is 0 Å². The van der Waals surface area contributed by atoms with Gasteiger partial charge in [-0.25, -0.2) is 0 Å². The van der Waals surface area contributed by atoms with Gasteiger partial charge in [0.25, 0.3) is 0 Å². The Labute approximate surface area is 102 Å². The van der Waals surface area contributed by atoms with Gasteiger partial charge < -0.3 is 4.90 Å². The van der Waals surface area contributed by atoms with E-state index in [1.54, 1.807) is 10.9 Å². The summed E-state index contributed by atoms with van der Waals surface area (Å²) >= 11 is 0. The number of piperidine rings is 1. The van der Waals surface area contributed by atoms with Crippen molar-refractivity contribution in [2.24, 2.45) is 5.92 Å². The van der Waals surface area contributed by atoms with Gasteiger partial charge in [0.1, 0.15) is 5.69 Å². The lowest BCUT2D eigenvalue weighted by molar-refractivity contribution is 0.111. The maximum Gasteiger partial charge on any atom is 0.171 e. The number of carbonyl (C=O) groups excluding carboxylic acids is 1. The topological polar surface area (TPSA) is 51.0 Å². The van der Waals surface area contributed by atoms with Gasteiger partial charge in [0.15, 0.2) is 6.29 Å². The van der Waals surface area contributed by atoms with E-state index >= 15 is 0 Å². The molecule has 1 saturated heterocycles. The summed E-state index contributed by atoms with van der Waals surface area (Å²) < 4.78 is 1.80. The lowest BCUT2D eigenvalue weighted by Crippen LogP contribution is -2.37. The molecular weight excluding hydrogens is 216 g/mol. The molecule has 17 heavy (non-hydrogen) atoms. The first-order chi connectivity index (χ1) is 8.31. The van der Waals surface area contributed by atoms with Gasteiger partial charge in [0.2, 0.25) is 0 Å². The van der Waals surface area contributed by atoms with Crippen LogP contribution in [-0.2, 0) is 6.54 Å². The van der Waals surface area contributed by atoms with Crippen LogP contribution in [0.5, 0.6) is 0 Å². The van der Waals surface area contributed by atoms with E-state index in [0.717, 1.165) is 19.4 Å². The normalized spacial score (nSPS) is 21.6. The first kappa shape index (κ1) is 12.2. The smallest absolute Gasteiger partial charge is 0.171 e. The van der Waals surface area contributed by atoms with Gasteiger partial charge in [-0.05, 0) is 38.3 Å². The van der Waals surface area contributed by atoms with Crippen LogP contribution >= 0.6 is 0 Å². The summed E-state index contributed by atoms with van der Waals surface area (Å²) in [6.07, 6.45) is 6.20. The molecule has 0 aliphatic carbocycles. The molecule has 0 radical (unpaired) electrons. The van der Waals surface area contributed by atoms with E-state index in [9.17, 15) is 4.79 Å². The lowest BCUT2D eigenvalue weighted by atomic mass is 9.98. The highest BCUT2D eigenvalue weighted by Crippen LogP contribution is 2.18. The van der Waals surface area contributed by atoms with Crippen LogP contribution in [0.2, 0.25) is 0 Å². The highest BCUT2D eigenvalue weighted by molar-refractivity contribution is 5.70. The fraction of sp³-hybridized carbons (Fsp3) is 0.750. The molecule has 5 nitrogen and oxygen atoms in total. The van der Waals surface area contributed by atoms with Crippen LogP contribution in [0.25, 0.3) is 0 Å². The standard InChI is InChI=1S/C12H20N4O/c1-2-5-15-6-3-4-11(7-15)8-16-9-12(10-17)13-14-16/h9-11H,2-8H2,1H3. The number of hydrogen-bond donors (Lipinski definition) is 0. The molecule has 1 aromatic heterocycles. The van der Waals surface area contributed by atoms with Crippen LogP contribution in [0.1, 0.15) is 36.7 Å². The quantitative estimate of drug-likeness (QED) is 0.721. The molecule has 94 valence electrons. The number of hydrogen-bond acceptors (Lipinski definition) is 4. The second kappa shape index (κ2) is 5.91. The van der Waals surface area contributed by atoms with Gasteiger partial charge in [-0.15, -0.1) is 5.10 Å². The van der Waals surface area contributed by atoms with Crippen molar-refractivity contribution < 1.29 is 4.79 Å². The van der Waals surface area contributed by atoms with E-state index in [4.69, 9.17) is 0 Å². The Morgan fingerprint density at radius 3 is 3.18 bits per heavy atom. The van der Waals surface area contributed by atoms with E-state index in [0.29, 0.717) is 11.6 Å². The zero-order valence-electron chi connectivity index (χ0n) is 10.4. The van der Waals surface area contributed by atoms with Gasteiger partial charge in [0, 0.05) is 13.1 Å². The predicted octanol–water partition coefficient (Wildman–Crippen LogP) is 1.21. The zero-order chi connectivity index (χ0) is 12.1. The molecule has 0 saturated carbocycles. The molecule has 1 aromatic rings. The predicted molar refractivity (Wildman–Crippen MR) is 64.9 cm³/mol. The van der Waals surface area contributed by atoms with Gasteiger partial charge in [-0.3, -0.25) is 9.48 Å². The summed E-state index contributed by atoms with van der Waals surface area (Å²) in [5.41, 5.74) is 0.422. The van der Waals surface area contributed by atoms with E-state index in [-0.39, 0.29) is 0 Å². The van der Waals surface area contributed by atoms with Crippen LogP contribution in [0, 0.1) is 5.92 Å². The summed E-state index contributed by atoms with van der Waals surface area (Å²) in [5.74, 6) is 0.636. The number of rotatable bonds is 5. The molecule has 0 N–H and O–H groups in total. The Hall–Kier alpha value is -1.23. The van der Waals surface area contributed by atoms with Crippen molar-refractivity contribution in [2.45, 2.75) is 32.7 Å². The van der Waals surface area contributed by atoms with Crippen molar-refractivity contribution in [3.05, 3.63) is 11.9 Å². The van der Waals surface area contributed by atoms with Crippen LogP contribution in [0.15, 0.2) is 6.20 Å². The third kappa shape index (κ3) is 3.36. The average Bonchev–Trinajstić information content (AvgIpc) is 2.78. The van der Waals surface area contributed by atoms with Crippen LogP contribution in [0.4, 0.5) is 0 Å². The minimum absolute atomic E-state index is 0.422. The minimum atomic E-state index is 0.422. The van der Waals surface area contributed by atoms with Crippen molar-refractivity contribution in [2.75, 3.05) is 19.6 Å². The molecule has 2 heterocycles. The maximum absolute atomic E-state index is 10.5. The Balaban J connectivity index is 1.87. The molecule has 0 aromatic carbocycles. The third-order valence-corrected chi connectivity index (χ3v) is 3.27. The Bertz CT molecular complexity index is 361. The molecular formula is C12H20N4O. The maximum atomic E-state index is 10.5.